The molecule has 1 unspecified atom stereocenters. The summed E-state index contributed by atoms with van der Waals surface area (Å²) < 4.78 is 0. The summed E-state index contributed by atoms with van der Waals surface area (Å²) in [6.07, 6.45) is 2.28. The topological polar surface area (TPSA) is 35.8 Å². The average molecular weight is 326 g/mol. The molecule has 0 spiro atoms. The van der Waals surface area contributed by atoms with Gasteiger partial charge in [0.05, 0.1) is 0 Å². The number of nitrogens with one attached hydrogen (secondary N) is 2. The Balaban J connectivity index is 0.000000490. The fourth-order valence-corrected chi connectivity index (χ4v) is 0.852. The van der Waals surface area contributed by atoms with Crippen molar-refractivity contribution in [1.82, 2.24) is 5.32 Å². The van der Waals surface area contributed by atoms with Gasteiger partial charge in [0.25, 0.3) is 0 Å². The van der Waals surface area contributed by atoms with E-state index in [0.717, 1.165) is 19.5 Å². The first-order valence-electron chi connectivity index (χ1n) is 2.81. The third-order valence-electron chi connectivity index (χ3n) is 1.30. The van der Waals surface area contributed by atoms with Crippen LogP contribution >= 0.6 is 0 Å². The number of piperidine rings is 1. The van der Waals surface area contributed by atoms with Gasteiger partial charge in [0.15, 0.2) is 0 Å². The quantitative estimate of drug-likeness (QED) is 0.702. The Kier molecular flexibility index (Phi) is 6.05. The van der Waals surface area contributed by atoms with Crippen molar-refractivity contribution in [3.63, 3.8) is 0 Å². The average Bonchev–Trinajstić information content (AvgIpc) is 1.69. The molecule has 45 valence electrons. The monoisotopic (exact) mass is 326 g/mol. The first kappa shape index (κ1) is 9.36. The van der Waals surface area contributed by atoms with Gasteiger partial charge in [0.2, 0.25) is 0 Å². The molecule has 0 bridgehead atoms. The van der Waals surface area contributed by atoms with Gasteiger partial charge in [-0.15, -0.1) is 6.04 Å². The van der Waals surface area contributed by atoms with Crippen molar-refractivity contribution >= 4 is 0 Å². The molecule has 1 fully saturated rings. The van der Waals surface area contributed by atoms with E-state index in [1.807, 2.05) is 0 Å². The van der Waals surface area contributed by atoms with Crippen molar-refractivity contribution in [3.8, 4) is 0 Å². The van der Waals surface area contributed by atoms with Gasteiger partial charge in [-0.2, -0.15) is 0 Å². The molecule has 8 heavy (non-hydrogen) atoms. The van der Waals surface area contributed by atoms with Crippen LogP contribution in [-0.4, -0.2) is 19.1 Å². The number of rotatable bonds is 0. The first-order valence-corrected chi connectivity index (χ1v) is 2.81. The number of hydrogen-bond acceptors (Lipinski definition) is 1. The summed E-state index contributed by atoms with van der Waals surface area (Å²) in [6, 6.07) is 0.175. The Bertz CT molecular complexity index is 52.4. The van der Waals surface area contributed by atoms with Crippen LogP contribution in [0.2, 0.25) is 0 Å². The Morgan fingerprint density at radius 2 is 2.25 bits per heavy atom. The smallest absolute Gasteiger partial charge is 0 e. The van der Waals surface area contributed by atoms with Crippen molar-refractivity contribution in [3.05, 3.63) is 5.73 Å². The Morgan fingerprint density at radius 1 is 1.50 bits per heavy atom. The molecule has 1 saturated heterocycles. The molecule has 0 amide bonds. The standard InChI is InChI=1S/C5H11N2.Ac/c6-5-2-1-3-7-4-5;/h5-7H,1-4H2;/q-1;. The van der Waals surface area contributed by atoms with Gasteiger partial charge in [0, 0.05) is 44.1 Å². The van der Waals surface area contributed by atoms with Crippen LogP contribution in [0.1, 0.15) is 12.8 Å². The summed E-state index contributed by atoms with van der Waals surface area (Å²) >= 11 is 0. The summed E-state index contributed by atoms with van der Waals surface area (Å²) in [5.74, 6) is 0. The normalized spacial score (nSPS) is 28.9. The molecule has 1 heterocycles. The summed E-state index contributed by atoms with van der Waals surface area (Å²) in [6.45, 7) is 2.02. The van der Waals surface area contributed by atoms with E-state index in [1.165, 1.54) is 6.42 Å². The van der Waals surface area contributed by atoms with E-state index in [4.69, 9.17) is 5.73 Å². The zero-order chi connectivity index (χ0) is 5.11. The van der Waals surface area contributed by atoms with E-state index in [-0.39, 0.29) is 50.1 Å². The van der Waals surface area contributed by atoms with E-state index in [1.54, 1.807) is 0 Å². The van der Waals surface area contributed by atoms with Gasteiger partial charge in [-0.25, -0.2) is 0 Å². The molecule has 2 N–H and O–H groups in total. The van der Waals surface area contributed by atoms with Gasteiger partial charge in [0.1, 0.15) is 0 Å². The summed E-state index contributed by atoms with van der Waals surface area (Å²) in [5.41, 5.74) is 7.21. The van der Waals surface area contributed by atoms with Crippen molar-refractivity contribution < 1.29 is 44.1 Å². The molecule has 0 saturated carbocycles. The van der Waals surface area contributed by atoms with Crippen LogP contribution in [0.3, 0.4) is 0 Å². The van der Waals surface area contributed by atoms with Crippen LogP contribution in [0.15, 0.2) is 0 Å². The predicted octanol–water partition coefficient (Wildman–Crippen LogP) is 0.791. The van der Waals surface area contributed by atoms with E-state index in [0.29, 0.717) is 0 Å². The maximum absolute atomic E-state index is 7.21. The second-order valence-electron chi connectivity index (χ2n) is 2.04. The molecule has 1 rings (SSSR count). The summed E-state index contributed by atoms with van der Waals surface area (Å²) in [7, 11) is 0. The van der Waals surface area contributed by atoms with Gasteiger partial charge < -0.3 is 11.1 Å². The fourth-order valence-electron chi connectivity index (χ4n) is 0.852. The van der Waals surface area contributed by atoms with Crippen molar-refractivity contribution in [2.75, 3.05) is 13.1 Å². The molecule has 0 aromatic carbocycles. The van der Waals surface area contributed by atoms with Crippen LogP contribution in [0.4, 0.5) is 0 Å². The van der Waals surface area contributed by atoms with Crippen molar-refractivity contribution in [2.24, 2.45) is 0 Å². The maximum atomic E-state index is 7.21. The second kappa shape index (κ2) is 5.17. The third-order valence-corrected chi connectivity index (χ3v) is 1.30. The van der Waals surface area contributed by atoms with E-state index >= 15 is 0 Å². The fraction of sp³-hybridized carbons (Fsp3) is 1.00. The molecule has 1 radical (unpaired) electrons. The largest absolute Gasteiger partial charge is 0.674 e. The van der Waals surface area contributed by atoms with E-state index in [2.05, 4.69) is 5.32 Å². The minimum absolute atomic E-state index is 0. The van der Waals surface area contributed by atoms with Crippen LogP contribution in [0.25, 0.3) is 5.73 Å². The molecule has 0 aliphatic carbocycles. The van der Waals surface area contributed by atoms with Gasteiger partial charge >= 0.3 is 0 Å². The molecule has 1 atom stereocenters. The van der Waals surface area contributed by atoms with Crippen LogP contribution in [0.5, 0.6) is 0 Å². The minimum Gasteiger partial charge on any atom is -0.674 e. The van der Waals surface area contributed by atoms with Gasteiger partial charge in [-0.3, -0.25) is 0 Å². The first-order chi connectivity index (χ1) is 3.39. The molecular formula is C5H11AcN2-. The maximum Gasteiger partial charge on any atom is 0 e. The Hall–Kier alpha value is 1.36. The van der Waals surface area contributed by atoms with E-state index in [9.17, 15) is 0 Å². The van der Waals surface area contributed by atoms with Gasteiger partial charge in [-0.05, 0) is 19.5 Å². The van der Waals surface area contributed by atoms with Crippen LogP contribution in [-0.2, 0) is 0 Å². The molecule has 0 aromatic rings. The van der Waals surface area contributed by atoms with Crippen LogP contribution in [0, 0.1) is 44.1 Å². The predicted molar refractivity (Wildman–Crippen MR) is 30.2 cm³/mol. The SMILES string of the molecule is [Ac].[NH-]C1CCCNC1. The molecule has 1 aliphatic rings. The second-order valence-corrected chi connectivity index (χ2v) is 2.04. The molecule has 0 aromatic heterocycles. The number of hydrogen-bond donors (Lipinski definition) is 1. The van der Waals surface area contributed by atoms with Gasteiger partial charge in [-0.1, -0.05) is 6.42 Å². The van der Waals surface area contributed by atoms with E-state index < -0.39 is 0 Å². The summed E-state index contributed by atoms with van der Waals surface area (Å²) in [4.78, 5) is 0. The Morgan fingerprint density at radius 3 is 2.50 bits per heavy atom. The molecular weight excluding hydrogens is 315 g/mol. The third kappa shape index (κ3) is 3.40. The minimum atomic E-state index is 0. The van der Waals surface area contributed by atoms with Crippen molar-refractivity contribution in [1.29, 1.82) is 0 Å². The molecule has 3 heteroatoms. The Labute approximate surface area is 86.1 Å². The molecule has 1 aliphatic heterocycles. The molecule has 2 nitrogen and oxygen atoms in total. The van der Waals surface area contributed by atoms with Crippen molar-refractivity contribution in [2.45, 2.75) is 18.9 Å². The zero-order valence-corrected chi connectivity index (χ0v) is 9.73. The summed E-state index contributed by atoms with van der Waals surface area (Å²) in [5, 5.41) is 3.15. The van der Waals surface area contributed by atoms with Crippen LogP contribution < -0.4 is 5.32 Å². The zero-order valence-electron chi connectivity index (χ0n) is 4.98.